The minimum atomic E-state index is -1.22. The summed E-state index contributed by atoms with van der Waals surface area (Å²) >= 11 is 0. The van der Waals surface area contributed by atoms with Crippen LogP contribution in [-0.2, 0) is 11.2 Å². The van der Waals surface area contributed by atoms with Crippen molar-refractivity contribution in [3.63, 3.8) is 0 Å². The largest absolute Gasteiger partial charge is 0.495 e. The van der Waals surface area contributed by atoms with E-state index in [1.54, 1.807) is 19.5 Å². The van der Waals surface area contributed by atoms with Crippen LogP contribution in [0.4, 0.5) is 0 Å². The number of methoxy groups -OCH3 is 1. The van der Waals surface area contributed by atoms with Crippen LogP contribution in [-0.4, -0.2) is 43.2 Å². The Bertz CT molecular complexity index is 1100. The van der Waals surface area contributed by atoms with E-state index in [-0.39, 0.29) is 11.8 Å². The van der Waals surface area contributed by atoms with Crippen LogP contribution in [0.15, 0.2) is 67.0 Å². The molecule has 4 atom stereocenters. The molecule has 3 aromatic rings. The Morgan fingerprint density at radius 3 is 2.17 bits per heavy atom. The van der Waals surface area contributed by atoms with Gasteiger partial charge in [-0.05, 0) is 51.5 Å². The van der Waals surface area contributed by atoms with Gasteiger partial charge in [-0.2, -0.15) is 0 Å². The lowest BCUT2D eigenvalue weighted by atomic mass is 9.71. The van der Waals surface area contributed by atoms with Crippen LogP contribution < -0.4 is 9.47 Å². The Hall–Kier alpha value is -2.89. The molecule has 0 radical (unpaired) electrons. The van der Waals surface area contributed by atoms with Crippen molar-refractivity contribution in [2.45, 2.75) is 51.2 Å². The summed E-state index contributed by atoms with van der Waals surface area (Å²) in [4.78, 5) is 6.28. The average Bonchev–Trinajstić information content (AvgIpc) is 3.23. The highest BCUT2D eigenvalue weighted by Gasteiger charge is 2.71. The molecular weight excluding hydrogens is 436 g/mol. The van der Waals surface area contributed by atoms with Gasteiger partial charge in [-0.25, -0.2) is 0 Å². The van der Waals surface area contributed by atoms with Gasteiger partial charge in [-0.1, -0.05) is 80.9 Å². The molecule has 5 heteroatoms. The summed E-state index contributed by atoms with van der Waals surface area (Å²) in [6.07, 6.45) is 3.93. The van der Waals surface area contributed by atoms with Gasteiger partial charge in [-0.15, -0.1) is 0 Å². The van der Waals surface area contributed by atoms with E-state index in [1.807, 2.05) is 58.1 Å². The SMILES string of the molecule is CC.CN(C)C.COc1cncc2c1C1(O)CC(C)C(c3ccccc3)C1(c1ccc(C)cc1)O2. The highest BCUT2D eigenvalue weighted by Crippen LogP contribution is 2.69. The number of hydrogen-bond acceptors (Lipinski definition) is 5. The molecule has 0 spiro atoms. The predicted octanol–water partition coefficient (Wildman–Crippen LogP) is 5.90. The van der Waals surface area contributed by atoms with Crippen molar-refractivity contribution in [3.05, 3.63) is 89.2 Å². The molecule has 0 amide bonds. The Morgan fingerprint density at radius 2 is 1.60 bits per heavy atom. The van der Waals surface area contributed by atoms with E-state index in [0.29, 0.717) is 23.5 Å². The summed E-state index contributed by atoms with van der Waals surface area (Å²) in [5, 5.41) is 12.3. The molecule has 35 heavy (non-hydrogen) atoms. The van der Waals surface area contributed by atoms with E-state index >= 15 is 0 Å². The number of nitrogens with zero attached hydrogens (tertiary/aromatic N) is 2. The Morgan fingerprint density at radius 1 is 1.00 bits per heavy atom. The minimum Gasteiger partial charge on any atom is -0.495 e. The molecule has 5 rings (SSSR count). The summed E-state index contributed by atoms with van der Waals surface area (Å²) in [5.41, 5.74) is 1.86. The molecule has 188 valence electrons. The van der Waals surface area contributed by atoms with Crippen LogP contribution in [0.3, 0.4) is 0 Å². The van der Waals surface area contributed by atoms with E-state index in [1.165, 1.54) is 5.56 Å². The molecule has 1 N–H and O–H groups in total. The summed E-state index contributed by atoms with van der Waals surface area (Å²) in [6, 6.07) is 18.7. The van der Waals surface area contributed by atoms with E-state index in [4.69, 9.17) is 9.47 Å². The Balaban J connectivity index is 0.000000521. The zero-order valence-electron chi connectivity index (χ0n) is 22.4. The number of benzene rings is 2. The lowest BCUT2D eigenvalue weighted by Gasteiger charge is -2.40. The van der Waals surface area contributed by atoms with Gasteiger partial charge in [0, 0.05) is 5.92 Å². The van der Waals surface area contributed by atoms with Crippen LogP contribution in [0.5, 0.6) is 11.5 Å². The zero-order valence-corrected chi connectivity index (χ0v) is 22.4. The lowest BCUT2D eigenvalue weighted by molar-refractivity contribution is -0.106. The van der Waals surface area contributed by atoms with E-state index in [2.05, 4.69) is 55.2 Å². The number of rotatable bonds is 3. The van der Waals surface area contributed by atoms with Gasteiger partial charge in [-0.3, -0.25) is 4.98 Å². The van der Waals surface area contributed by atoms with Gasteiger partial charge in [0.1, 0.15) is 17.1 Å². The molecule has 1 aliphatic heterocycles. The van der Waals surface area contributed by atoms with Crippen LogP contribution in [0.2, 0.25) is 0 Å². The molecule has 4 unspecified atom stereocenters. The smallest absolute Gasteiger partial charge is 0.174 e. The fourth-order valence-electron chi connectivity index (χ4n) is 5.57. The minimum absolute atomic E-state index is 0.0199. The first-order valence-electron chi connectivity index (χ1n) is 12.4. The number of ether oxygens (including phenoxy) is 2. The second kappa shape index (κ2) is 10.8. The second-order valence-corrected chi connectivity index (χ2v) is 9.69. The van der Waals surface area contributed by atoms with Crippen molar-refractivity contribution in [1.29, 1.82) is 0 Å². The van der Waals surface area contributed by atoms with Gasteiger partial charge in [0.2, 0.25) is 0 Å². The van der Waals surface area contributed by atoms with Gasteiger partial charge >= 0.3 is 0 Å². The maximum absolute atomic E-state index is 12.3. The monoisotopic (exact) mass is 476 g/mol. The van der Waals surface area contributed by atoms with Gasteiger partial charge in [0.15, 0.2) is 5.60 Å². The van der Waals surface area contributed by atoms with E-state index < -0.39 is 11.2 Å². The molecule has 1 aromatic heterocycles. The van der Waals surface area contributed by atoms with E-state index in [9.17, 15) is 5.11 Å². The Labute approximate surface area is 210 Å². The first kappa shape index (κ1) is 26.7. The number of hydrogen-bond donors (Lipinski definition) is 1. The second-order valence-electron chi connectivity index (χ2n) is 9.69. The third-order valence-electron chi connectivity index (χ3n) is 6.66. The first-order valence-corrected chi connectivity index (χ1v) is 12.4. The van der Waals surface area contributed by atoms with Crippen molar-refractivity contribution >= 4 is 0 Å². The van der Waals surface area contributed by atoms with Crippen molar-refractivity contribution < 1.29 is 14.6 Å². The van der Waals surface area contributed by atoms with Gasteiger partial charge in [0.25, 0.3) is 0 Å². The van der Waals surface area contributed by atoms with Crippen molar-refractivity contribution in [2.24, 2.45) is 5.92 Å². The third-order valence-corrected chi connectivity index (χ3v) is 6.66. The molecule has 1 aliphatic carbocycles. The van der Waals surface area contributed by atoms with Gasteiger partial charge in [0.05, 0.1) is 25.1 Å². The zero-order chi connectivity index (χ0) is 25.8. The molecule has 2 aliphatic rings. The topological polar surface area (TPSA) is 54.8 Å². The predicted molar refractivity (Wildman–Crippen MR) is 142 cm³/mol. The molecular formula is C30H40N2O3. The summed E-state index contributed by atoms with van der Waals surface area (Å²) in [7, 11) is 7.61. The molecule has 1 saturated carbocycles. The standard InChI is InChI=1S/C25H25NO3.C3H9N.C2H6/c1-16-9-11-19(12-10-16)25-22(18-7-5-4-6-8-18)17(2)13-24(25,27)23-20(28-3)14-26-15-21(23)29-25;1-4(2)3;1-2/h4-12,14-15,17,22,27H,13H2,1-3H3;1-3H3;1-2H3. The average molecular weight is 477 g/mol. The maximum atomic E-state index is 12.3. The third kappa shape index (κ3) is 4.55. The molecule has 5 nitrogen and oxygen atoms in total. The highest BCUT2D eigenvalue weighted by molar-refractivity contribution is 5.57. The van der Waals surface area contributed by atoms with Crippen LogP contribution in [0, 0.1) is 12.8 Å². The van der Waals surface area contributed by atoms with Gasteiger partial charge < -0.3 is 19.5 Å². The molecule has 1 fully saturated rings. The number of fused-ring (bicyclic) bond motifs is 3. The molecule has 2 heterocycles. The molecule has 2 aromatic carbocycles. The quantitative estimate of drug-likeness (QED) is 0.510. The fourth-order valence-corrected chi connectivity index (χ4v) is 5.57. The Kier molecular flexibility index (Phi) is 8.24. The molecule has 0 bridgehead atoms. The summed E-state index contributed by atoms with van der Waals surface area (Å²) < 4.78 is 12.3. The number of pyridine rings is 1. The van der Waals surface area contributed by atoms with E-state index in [0.717, 1.165) is 11.1 Å². The normalized spacial score (nSPS) is 25.9. The number of aromatic nitrogens is 1. The van der Waals surface area contributed by atoms with Crippen LogP contribution in [0.1, 0.15) is 55.4 Å². The first-order chi connectivity index (χ1) is 16.7. The fraction of sp³-hybridized carbons (Fsp3) is 0.433. The summed E-state index contributed by atoms with van der Waals surface area (Å²) in [5.74, 6) is 1.35. The lowest BCUT2D eigenvalue weighted by Crippen LogP contribution is -2.48. The maximum Gasteiger partial charge on any atom is 0.174 e. The van der Waals surface area contributed by atoms with Crippen molar-refractivity contribution in [1.82, 2.24) is 9.88 Å². The number of aryl methyl sites for hydroxylation is 1. The van der Waals surface area contributed by atoms with Crippen molar-refractivity contribution in [2.75, 3.05) is 28.3 Å². The van der Waals surface area contributed by atoms with Crippen LogP contribution >= 0.6 is 0 Å². The molecule has 0 saturated heterocycles. The van der Waals surface area contributed by atoms with Crippen molar-refractivity contribution in [3.8, 4) is 11.5 Å². The highest BCUT2D eigenvalue weighted by atomic mass is 16.5. The number of aliphatic hydroxyl groups is 1. The van der Waals surface area contributed by atoms with Crippen LogP contribution in [0.25, 0.3) is 0 Å². The summed E-state index contributed by atoms with van der Waals surface area (Å²) in [6.45, 7) is 8.26.